The van der Waals surface area contributed by atoms with Crippen LogP contribution in [0.25, 0.3) is 0 Å². The van der Waals surface area contributed by atoms with E-state index in [0.717, 1.165) is 6.07 Å². The van der Waals surface area contributed by atoms with Crippen LogP contribution in [0.5, 0.6) is 0 Å². The number of nitrogens with one attached hydrogen (secondary N) is 2. The van der Waals surface area contributed by atoms with Crippen molar-refractivity contribution in [1.29, 1.82) is 0 Å². The van der Waals surface area contributed by atoms with Gasteiger partial charge in [0.25, 0.3) is 0 Å². The number of benzene rings is 1. The van der Waals surface area contributed by atoms with E-state index in [0.29, 0.717) is 18.6 Å². The van der Waals surface area contributed by atoms with E-state index in [9.17, 15) is 12.8 Å². The van der Waals surface area contributed by atoms with Crippen molar-refractivity contribution in [3.63, 3.8) is 0 Å². The minimum absolute atomic E-state index is 0.0734. The standard InChI is InChI=1S/C13H20ClFN2O3S/c1-9(4-5-20-3)17-21(18,19)11-6-10(8-16-2)13(14)12(15)7-11/h6-7,9,16-17H,4-5,8H2,1-3H3. The Balaban J connectivity index is 3.02. The van der Waals surface area contributed by atoms with Gasteiger partial charge in [-0.1, -0.05) is 11.6 Å². The highest BCUT2D eigenvalue weighted by Gasteiger charge is 2.20. The molecule has 0 radical (unpaired) electrons. The van der Waals surface area contributed by atoms with Gasteiger partial charge in [-0.25, -0.2) is 17.5 Å². The summed E-state index contributed by atoms with van der Waals surface area (Å²) in [4.78, 5) is -0.140. The van der Waals surface area contributed by atoms with E-state index in [1.807, 2.05) is 0 Å². The molecule has 0 saturated carbocycles. The summed E-state index contributed by atoms with van der Waals surface area (Å²) in [6.45, 7) is 2.43. The van der Waals surface area contributed by atoms with Crippen LogP contribution in [0.15, 0.2) is 17.0 Å². The highest BCUT2D eigenvalue weighted by molar-refractivity contribution is 7.89. The quantitative estimate of drug-likeness (QED) is 0.759. The molecule has 8 heteroatoms. The van der Waals surface area contributed by atoms with E-state index in [2.05, 4.69) is 10.0 Å². The molecule has 21 heavy (non-hydrogen) atoms. The van der Waals surface area contributed by atoms with Crippen LogP contribution in [-0.2, 0) is 21.3 Å². The van der Waals surface area contributed by atoms with Crippen molar-refractivity contribution in [2.45, 2.75) is 30.8 Å². The summed E-state index contributed by atoms with van der Waals surface area (Å²) in [5.74, 6) is -0.755. The molecule has 1 rings (SSSR count). The Bertz CT molecular complexity index is 581. The summed E-state index contributed by atoms with van der Waals surface area (Å²) < 4.78 is 45.6. The molecule has 0 aliphatic heterocycles. The molecule has 0 saturated heterocycles. The summed E-state index contributed by atoms with van der Waals surface area (Å²) >= 11 is 5.82. The van der Waals surface area contributed by atoms with Gasteiger partial charge in [-0.3, -0.25) is 0 Å². The zero-order chi connectivity index (χ0) is 16.0. The Hall–Kier alpha value is -0.730. The molecule has 0 spiro atoms. The molecule has 2 N–H and O–H groups in total. The second-order valence-corrected chi connectivity index (χ2v) is 6.80. The van der Waals surface area contributed by atoms with Crippen LogP contribution in [0, 0.1) is 5.82 Å². The lowest BCUT2D eigenvalue weighted by molar-refractivity contribution is 0.188. The SMILES string of the molecule is CNCc1cc(S(=O)(=O)NC(C)CCOC)cc(F)c1Cl. The highest BCUT2D eigenvalue weighted by Crippen LogP contribution is 2.24. The lowest BCUT2D eigenvalue weighted by atomic mass is 10.2. The van der Waals surface area contributed by atoms with Crippen molar-refractivity contribution >= 4 is 21.6 Å². The molecule has 0 aliphatic carbocycles. The van der Waals surface area contributed by atoms with Crippen molar-refractivity contribution in [3.05, 3.63) is 28.5 Å². The van der Waals surface area contributed by atoms with E-state index in [1.54, 1.807) is 21.1 Å². The number of hydrogen-bond acceptors (Lipinski definition) is 4. The van der Waals surface area contributed by atoms with E-state index < -0.39 is 15.8 Å². The zero-order valence-electron chi connectivity index (χ0n) is 12.2. The van der Waals surface area contributed by atoms with Gasteiger partial charge in [0.1, 0.15) is 5.82 Å². The van der Waals surface area contributed by atoms with Crippen molar-refractivity contribution in [2.75, 3.05) is 20.8 Å². The van der Waals surface area contributed by atoms with Crippen LogP contribution in [0.4, 0.5) is 4.39 Å². The average Bonchev–Trinajstić information content (AvgIpc) is 2.41. The fourth-order valence-electron chi connectivity index (χ4n) is 1.78. The molecule has 120 valence electrons. The maximum Gasteiger partial charge on any atom is 0.240 e. The number of methoxy groups -OCH3 is 1. The molecule has 1 aromatic carbocycles. The van der Waals surface area contributed by atoms with Gasteiger partial charge in [0.05, 0.1) is 9.92 Å². The second kappa shape index (κ2) is 8.05. The van der Waals surface area contributed by atoms with Crippen LogP contribution in [0.3, 0.4) is 0 Å². The molecule has 1 atom stereocenters. The fourth-order valence-corrected chi connectivity index (χ4v) is 3.29. The minimum Gasteiger partial charge on any atom is -0.385 e. The van der Waals surface area contributed by atoms with Crippen molar-refractivity contribution in [3.8, 4) is 0 Å². The summed E-state index contributed by atoms with van der Waals surface area (Å²) in [7, 11) is -0.593. The largest absolute Gasteiger partial charge is 0.385 e. The third kappa shape index (κ3) is 5.19. The van der Waals surface area contributed by atoms with Gasteiger partial charge in [-0.2, -0.15) is 0 Å². The van der Waals surface area contributed by atoms with Crippen molar-refractivity contribution in [2.24, 2.45) is 0 Å². The Kier molecular flexibility index (Phi) is 7.02. The van der Waals surface area contributed by atoms with Gasteiger partial charge in [0.2, 0.25) is 10.0 Å². The predicted octanol–water partition coefficient (Wildman–Crippen LogP) is 1.90. The van der Waals surface area contributed by atoms with E-state index >= 15 is 0 Å². The summed E-state index contributed by atoms with van der Waals surface area (Å²) in [6.07, 6.45) is 0.523. The van der Waals surface area contributed by atoms with Crippen LogP contribution < -0.4 is 10.0 Å². The first-order chi connectivity index (χ1) is 9.81. The molecule has 1 aromatic rings. The number of rotatable bonds is 8. The molecule has 0 fully saturated rings. The van der Waals surface area contributed by atoms with Gasteiger partial charge in [0.15, 0.2) is 0 Å². The normalized spacial score (nSPS) is 13.4. The Morgan fingerprint density at radius 2 is 2.10 bits per heavy atom. The van der Waals surface area contributed by atoms with Gasteiger partial charge in [-0.05, 0) is 38.1 Å². The number of hydrogen-bond donors (Lipinski definition) is 2. The fraction of sp³-hybridized carbons (Fsp3) is 0.538. The third-order valence-electron chi connectivity index (χ3n) is 2.87. The Morgan fingerprint density at radius 3 is 2.67 bits per heavy atom. The average molecular weight is 339 g/mol. The number of ether oxygens (including phenoxy) is 1. The minimum atomic E-state index is -3.80. The van der Waals surface area contributed by atoms with Gasteiger partial charge in [-0.15, -0.1) is 0 Å². The highest BCUT2D eigenvalue weighted by atomic mass is 35.5. The van der Waals surface area contributed by atoms with Gasteiger partial charge < -0.3 is 10.1 Å². The lowest BCUT2D eigenvalue weighted by Crippen LogP contribution is -2.33. The first-order valence-corrected chi connectivity index (χ1v) is 8.31. The molecular weight excluding hydrogens is 319 g/mol. The van der Waals surface area contributed by atoms with E-state index in [-0.39, 0.29) is 22.5 Å². The predicted molar refractivity (Wildman–Crippen MR) is 80.5 cm³/mol. The van der Waals surface area contributed by atoms with Crippen molar-refractivity contribution in [1.82, 2.24) is 10.0 Å². The summed E-state index contributed by atoms with van der Waals surface area (Å²) in [5.41, 5.74) is 0.393. The summed E-state index contributed by atoms with van der Waals surface area (Å²) in [6, 6.07) is 1.97. The Labute approximate surface area is 129 Å². The molecule has 0 amide bonds. The monoisotopic (exact) mass is 338 g/mol. The van der Waals surface area contributed by atoms with Gasteiger partial charge >= 0.3 is 0 Å². The van der Waals surface area contributed by atoms with Gasteiger partial charge in [0, 0.05) is 26.3 Å². The maximum atomic E-state index is 13.8. The first kappa shape index (κ1) is 18.3. The van der Waals surface area contributed by atoms with Crippen LogP contribution in [-0.4, -0.2) is 35.2 Å². The maximum absolute atomic E-state index is 13.8. The molecular formula is C13H20ClFN2O3S. The first-order valence-electron chi connectivity index (χ1n) is 6.45. The number of halogens is 2. The van der Waals surface area contributed by atoms with E-state index in [1.165, 1.54) is 6.07 Å². The molecule has 5 nitrogen and oxygen atoms in total. The smallest absolute Gasteiger partial charge is 0.240 e. The zero-order valence-corrected chi connectivity index (χ0v) is 13.8. The van der Waals surface area contributed by atoms with Crippen LogP contribution in [0.1, 0.15) is 18.9 Å². The molecule has 0 aromatic heterocycles. The topological polar surface area (TPSA) is 67.4 Å². The van der Waals surface area contributed by atoms with Crippen LogP contribution in [0.2, 0.25) is 5.02 Å². The Morgan fingerprint density at radius 1 is 1.43 bits per heavy atom. The van der Waals surface area contributed by atoms with Crippen LogP contribution >= 0.6 is 11.6 Å². The third-order valence-corrected chi connectivity index (χ3v) is 4.86. The van der Waals surface area contributed by atoms with Crippen molar-refractivity contribution < 1.29 is 17.5 Å². The molecule has 0 bridgehead atoms. The molecule has 0 heterocycles. The molecule has 0 aliphatic rings. The van der Waals surface area contributed by atoms with E-state index in [4.69, 9.17) is 16.3 Å². The summed E-state index contributed by atoms with van der Waals surface area (Å²) in [5, 5.41) is 2.74. The molecule has 1 unspecified atom stereocenters. The number of sulfonamides is 1. The second-order valence-electron chi connectivity index (χ2n) is 4.71. The lowest BCUT2D eigenvalue weighted by Gasteiger charge is -2.15.